The maximum absolute atomic E-state index is 11.2. The molecule has 74 valence electrons. The van der Waals surface area contributed by atoms with Crippen molar-refractivity contribution in [1.29, 1.82) is 0 Å². The van der Waals surface area contributed by atoms with E-state index in [-0.39, 0.29) is 16.7 Å². The van der Waals surface area contributed by atoms with E-state index >= 15 is 0 Å². The number of allylic oxidation sites excluding steroid dienone is 1. The lowest BCUT2D eigenvalue weighted by Gasteiger charge is -2.01. The highest BCUT2D eigenvalue weighted by atomic mass is 79.9. The number of ether oxygens (including phenoxy) is 1. The molecule has 0 fully saturated rings. The number of Topliss-reactive ketones (excluding diaryl/α,β-unsaturated/α-hetero) is 1. The van der Waals surface area contributed by atoms with Crippen molar-refractivity contribution in [3.63, 3.8) is 0 Å². The SMILES string of the molecule is CCCC=C(C(=O)CBr)C(=O)OC. The first-order valence-corrected chi connectivity index (χ1v) is 5.17. The largest absolute Gasteiger partial charge is 0.465 e. The summed E-state index contributed by atoms with van der Waals surface area (Å²) >= 11 is 3.01. The van der Waals surface area contributed by atoms with Crippen LogP contribution in [0.2, 0.25) is 0 Å². The summed E-state index contributed by atoms with van der Waals surface area (Å²) in [5, 5.41) is 0.150. The molecular weight excluding hydrogens is 236 g/mol. The molecule has 0 unspecified atom stereocenters. The normalized spacial score (nSPS) is 11.2. The van der Waals surface area contributed by atoms with Crippen LogP contribution in [0.25, 0.3) is 0 Å². The zero-order chi connectivity index (χ0) is 10.3. The van der Waals surface area contributed by atoms with Crippen LogP contribution in [0.15, 0.2) is 11.6 Å². The summed E-state index contributed by atoms with van der Waals surface area (Å²) in [4.78, 5) is 22.3. The molecule has 0 aliphatic rings. The molecule has 0 aromatic carbocycles. The van der Waals surface area contributed by atoms with E-state index in [1.54, 1.807) is 6.08 Å². The first kappa shape index (κ1) is 12.4. The number of hydrogen-bond donors (Lipinski definition) is 0. The standard InChI is InChI=1S/C9H13BrO3/c1-3-4-5-7(8(11)6-10)9(12)13-2/h5H,3-4,6H2,1-2H3. The lowest BCUT2D eigenvalue weighted by molar-refractivity contribution is -0.137. The highest BCUT2D eigenvalue weighted by molar-refractivity contribution is 9.09. The van der Waals surface area contributed by atoms with Gasteiger partial charge in [0.05, 0.1) is 18.0 Å². The molecule has 0 saturated heterocycles. The van der Waals surface area contributed by atoms with E-state index < -0.39 is 5.97 Å². The molecule has 0 saturated carbocycles. The van der Waals surface area contributed by atoms with Crippen molar-refractivity contribution in [2.24, 2.45) is 0 Å². The second-order valence-corrected chi connectivity index (χ2v) is 3.02. The maximum atomic E-state index is 11.2. The summed E-state index contributed by atoms with van der Waals surface area (Å²) in [6.07, 6.45) is 3.23. The van der Waals surface area contributed by atoms with Crippen molar-refractivity contribution in [2.75, 3.05) is 12.4 Å². The highest BCUT2D eigenvalue weighted by Crippen LogP contribution is 2.05. The average molecular weight is 249 g/mol. The molecule has 0 aromatic rings. The number of hydrogen-bond acceptors (Lipinski definition) is 3. The minimum atomic E-state index is -0.557. The van der Waals surface area contributed by atoms with E-state index in [4.69, 9.17) is 0 Å². The second kappa shape index (κ2) is 6.83. The Morgan fingerprint density at radius 1 is 1.46 bits per heavy atom. The van der Waals surface area contributed by atoms with Crippen molar-refractivity contribution < 1.29 is 14.3 Å². The van der Waals surface area contributed by atoms with Gasteiger partial charge in [0.2, 0.25) is 0 Å². The van der Waals surface area contributed by atoms with Gasteiger partial charge < -0.3 is 4.74 Å². The van der Waals surface area contributed by atoms with Gasteiger partial charge in [0.25, 0.3) is 0 Å². The molecule has 3 nitrogen and oxygen atoms in total. The van der Waals surface area contributed by atoms with Gasteiger partial charge in [0.15, 0.2) is 5.78 Å². The second-order valence-electron chi connectivity index (χ2n) is 2.45. The topological polar surface area (TPSA) is 43.4 Å². The number of halogens is 1. The fraction of sp³-hybridized carbons (Fsp3) is 0.556. The summed E-state index contributed by atoms with van der Waals surface area (Å²) < 4.78 is 4.48. The Kier molecular flexibility index (Phi) is 6.49. The summed E-state index contributed by atoms with van der Waals surface area (Å²) in [7, 11) is 1.27. The maximum Gasteiger partial charge on any atom is 0.341 e. The molecule has 0 aliphatic heterocycles. The zero-order valence-electron chi connectivity index (χ0n) is 7.80. The van der Waals surface area contributed by atoms with Crippen LogP contribution in [-0.4, -0.2) is 24.2 Å². The van der Waals surface area contributed by atoms with Crippen molar-refractivity contribution >= 4 is 27.7 Å². The molecule has 4 heteroatoms. The van der Waals surface area contributed by atoms with Crippen LogP contribution in [-0.2, 0) is 14.3 Å². The Morgan fingerprint density at radius 2 is 2.08 bits per heavy atom. The van der Waals surface area contributed by atoms with Crippen molar-refractivity contribution in [3.05, 3.63) is 11.6 Å². The van der Waals surface area contributed by atoms with Crippen LogP contribution < -0.4 is 0 Å². The Hall–Kier alpha value is -0.640. The predicted octanol–water partition coefficient (Wildman–Crippen LogP) is 1.85. The molecule has 0 rings (SSSR count). The molecule has 0 bridgehead atoms. The lowest BCUT2D eigenvalue weighted by Crippen LogP contribution is -2.15. The molecule has 0 spiro atoms. The third kappa shape index (κ3) is 4.22. The monoisotopic (exact) mass is 248 g/mol. The molecule has 0 radical (unpaired) electrons. The fourth-order valence-electron chi connectivity index (χ4n) is 0.782. The van der Waals surface area contributed by atoms with Gasteiger partial charge >= 0.3 is 5.97 Å². The molecule has 13 heavy (non-hydrogen) atoms. The van der Waals surface area contributed by atoms with E-state index in [0.717, 1.165) is 6.42 Å². The first-order valence-electron chi connectivity index (χ1n) is 4.05. The van der Waals surface area contributed by atoms with Gasteiger partial charge in [-0.15, -0.1) is 0 Å². The Balaban J connectivity index is 4.54. The van der Waals surface area contributed by atoms with Gasteiger partial charge in [-0.05, 0) is 6.42 Å². The third-order valence-corrected chi connectivity index (χ3v) is 1.97. The summed E-state index contributed by atoms with van der Waals surface area (Å²) in [6.45, 7) is 1.98. The molecule has 0 amide bonds. The fourth-order valence-corrected chi connectivity index (χ4v) is 1.08. The summed E-state index contributed by atoms with van der Waals surface area (Å²) in [5.74, 6) is -0.793. The van der Waals surface area contributed by atoms with Gasteiger partial charge in [-0.1, -0.05) is 35.4 Å². The predicted molar refractivity (Wildman–Crippen MR) is 53.8 cm³/mol. The minimum absolute atomic E-state index is 0.140. The van der Waals surface area contributed by atoms with Crippen LogP contribution in [0.4, 0.5) is 0 Å². The van der Waals surface area contributed by atoms with E-state index in [9.17, 15) is 9.59 Å². The Morgan fingerprint density at radius 3 is 2.46 bits per heavy atom. The molecule has 0 heterocycles. The van der Waals surface area contributed by atoms with Crippen molar-refractivity contribution in [2.45, 2.75) is 19.8 Å². The van der Waals surface area contributed by atoms with Gasteiger partial charge in [-0.25, -0.2) is 4.79 Å². The first-order chi connectivity index (χ1) is 6.17. The number of methoxy groups -OCH3 is 1. The number of alkyl halides is 1. The van der Waals surface area contributed by atoms with E-state index in [0.29, 0.717) is 6.42 Å². The van der Waals surface area contributed by atoms with Gasteiger partial charge in [0.1, 0.15) is 0 Å². The Labute approximate surface area is 86.3 Å². The molecule has 0 atom stereocenters. The van der Waals surface area contributed by atoms with Crippen LogP contribution >= 0.6 is 15.9 Å². The van der Waals surface area contributed by atoms with Gasteiger partial charge in [0, 0.05) is 0 Å². The smallest absolute Gasteiger partial charge is 0.341 e. The number of unbranched alkanes of at least 4 members (excludes halogenated alkanes) is 1. The van der Waals surface area contributed by atoms with E-state index in [1.165, 1.54) is 7.11 Å². The highest BCUT2D eigenvalue weighted by Gasteiger charge is 2.16. The summed E-state index contributed by atoms with van der Waals surface area (Å²) in [5.41, 5.74) is 0.140. The number of rotatable bonds is 5. The minimum Gasteiger partial charge on any atom is -0.465 e. The van der Waals surface area contributed by atoms with E-state index in [1.807, 2.05) is 6.92 Å². The molecule has 0 aliphatic carbocycles. The number of esters is 1. The quantitative estimate of drug-likeness (QED) is 0.245. The van der Waals surface area contributed by atoms with Crippen LogP contribution in [0.1, 0.15) is 19.8 Å². The molecule has 0 aromatic heterocycles. The van der Waals surface area contributed by atoms with Crippen LogP contribution in [0, 0.1) is 0 Å². The molecular formula is C9H13BrO3. The van der Waals surface area contributed by atoms with Crippen LogP contribution in [0.3, 0.4) is 0 Å². The number of ketones is 1. The van der Waals surface area contributed by atoms with Crippen molar-refractivity contribution in [3.8, 4) is 0 Å². The zero-order valence-corrected chi connectivity index (χ0v) is 9.39. The van der Waals surface area contributed by atoms with Gasteiger partial charge in [-0.3, -0.25) is 4.79 Å². The number of carbonyl (C=O) groups excluding carboxylic acids is 2. The third-order valence-electron chi connectivity index (χ3n) is 1.46. The van der Waals surface area contributed by atoms with Crippen molar-refractivity contribution in [1.82, 2.24) is 0 Å². The average Bonchev–Trinajstić information content (AvgIpc) is 2.17. The van der Waals surface area contributed by atoms with Crippen LogP contribution in [0.5, 0.6) is 0 Å². The molecule has 0 N–H and O–H groups in total. The Bertz CT molecular complexity index is 203. The lowest BCUT2D eigenvalue weighted by atomic mass is 10.1. The van der Waals surface area contributed by atoms with E-state index in [2.05, 4.69) is 20.7 Å². The summed E-state index contributed by atoms with van der Waals surface area (Å²) in [6, 6.07) is 0. The number of carbonyl (C=O) groups is 2. The van der Waals surface area contributed by atoms with Gasteiger partial charge in [-0.2, -0.15) is 0 Å².